The van der Waals surface area contributed by atoms with Gasteiger partial charge in [-0.1, -0.05) is 71.3 Å². The fourth-order valence-electron chi connectivity index (χ4n) is 2.42. The lowest BCUT2D eigenvalue weighted by atomic mass is 9.99. The maximum absolute atomic E-state index is 5.32. The maximum Gasteiger partial charge on any atom is 0.0292 e. The molecular formula is C23H30N2. The van der Waals surface area contributed by atoms with Gasteiger partial charge in [0.15, 0.2) is 0 Å². The molecule has 3 rings (SSSR count). The second kappa shape index (κ2) is 9.36. The molecule has 1 aliphatic heterocycles. The second-order valence-electron chi connectivity index (χ2n) is 7.02. The third-order valence-corrected chi connectivity index (χ3v) is 4.04. The quantitative estimate of drug-likeness (QED) is 0.629. The van der Waals surface area contributed by atoms with Crippen LogP contribution in [-0.2, 0) is 0 Å². The van der Waals surface area contributed by atoms with Crippen molar-refractivity contribution in [2.24, 2.45) is 5.73 Å². The highest BCUT2D eigenvalue weighted by Crippen LogP contribution is 2.22. The summed E-state index contributed by atoms with van der Waals surface area (Å²) in [5.41, 5.74) is 13.0. The van der Waals surface area contributed by atoms with Crippen LogP contribution in [0.4, 0.5) is 0 Å². The molecule has 0 aromatic heterocycles. The van der Waals surface area contributed by atoms with Crippen molar-refractivity contribution < 1.29 is 0 Å². The van der Waals surface area contributed by atoms with Crippen LogP contribution in [0.3, 0.4) is 0 Å². The molecule has 25 heavy (non-hydrogen) atoms. The van der Waals surface area contributed by atoms with E-state index in [1.807, 2.05) is 0 Å². The van der Waals surface area contributed by atoms with Gasteiger partial charge in [0.2, 0.25) is 0 Å². The van der Waals surface area contributed by atoms with E-state index in [-0.39, 0.29) is 0 Å². The standard InChI is InChI=1S/C20H22.C3H8N2/c1-15(2)13-20(19-11-7-17(4)8-12-19)14-18-9-5-16(3)6-10-18;4-3-1-5-2-3/h5-14H,1-4H3;3,5H,1-2,4H2/b20-14-;. The van der Waals surface area contributed by atoms with Gasteiger partial charge in [-0.15, -0.1) is 0 Å². The fourth-order valence-corrected chi connectivity index (χ4v) is 2.42. The van der Waals surface area contributed by atoms with Gasteiger partial charge >= 0.3 is 0 Å². The molecule has 1 heterocycles. The normalized spacial score (nSPS) is 14.2. The van der Waals surface area contributed by atoms with Crippen LogP contribution in [0.25, 0.3) is 11.6 Å². The Labute approximate surface area is 152 Å². The van der Waals surface area contributed by atoms with E-state index >= 15 is 0 Å². The van der Waals surface area contributed by atoms with E-state index in [4.69, 9.17) is 5.73 Å². The minimum atomic E-state index is 0.454. The summed E-state index contributed by atoms with van der Waals surface area (Å²) in [5.74, 6) is 0. The van der Waals surface area contributed by atoms with Crippen molar-refractivity contribution in [3.63, 3.8) is 0 Å². The number of nitrogens with two attached hydrogens (primary N) is 1. The number of hydrogen-bond acceptors (Lipinski definition) is 2. The van der Waals surface area contributed by atoms with Crippen LogP contribution in [-0.4, -0.2) is 19.1 Å². The van der Waals surface area contributed by atoms with Crippen molar-refractivity contribution in [2.75, 3.05) is 13.1 Å². The molecule has 0 amide bonds. The van der Waals surface area contributed by atoms with Crippen LogP contribution in [0.15, 0.2) is 60.2 Å². The van der Waals surface area contributed by atoms with Gasteiger partial charge in [-0.2, -0.15) is 0 Å². The predicted molar refractivity (Wildman–Crippen MR) is 111 cm³/mol. The molecule has 0 bridgehead atoms. The van der Waals surface area contributed by atoms with Crippen molar-refractivity contribution in [2.45, 2.75) is 33.7 Å². The first kappa shape index (κ1) is 19.2. The first-order valence-electron chi connectivity index (χ1n) is 8.90. The summed E-state index contributed by atoms with van der Waals surface area (Å²) in [4.78, 5) is 0. The van der Waals surface area contributed by atoms with E-state index in [1.165, 1.54) is 33.4 Å². The van der Waals surface area contributed by atoms with Crippen molar-refractivity contribution in [3.05, 3.63) is 82.4 Å². The molecule has 0 radical (unpaired) electrons. The van der Waals surface area contributed by atoms with Gasteiger partial charge in [0.1, 0.15) is 0 Å². The van der Waals surface area contributed by atoms with E-state index in [0.29, 0.717) is 6.04 Å². The summed E-state index contributed by atoms with van der Waals surface area (Å²) in [6, 6.07) is 17.8. The van der Waals surface area contributed by atoms with Crippen LogP contribution >= 0.6 is 0 Å². The number of aryl methyl sites for hydroxylation is 2. The Hall–Kier alpha value is -2.16. The lowest BCUT2D eigenvalue weighted by Crippen LogP contribution is -2.52. The van der Waals surface area contributed by atoms with Crippen LogP contribution in [0.2, 0.25) is 0 Å². The predicted octanol–water partition coefficient (Wildman–Crippen LogP) is 4.73. The van der Waals surface area contributed by atoms with Crippen LogP contribution in [0.1, 0.15) is 36.1 Å². The molecule has 2 heteroatoms. The van der Waals surface area contributed by atoms with Crippen LogP contribution in [0.5, 0.6) is 0 Å². The minimum absolute atomic E-state index is 0.454. The Morgan fingerprint density at radius 1 is 0.920 bits per heavy atom. The van der Waals surface area contributed by atoms with Crippen LogP contribution < -0.4 is 11.1 Å². The van der Waals surface area contributed by atoms with Crippen molar-refractivity contribution in [3.8, 4) is 0 Å². The zero-order valence-corrected chi connectivity index (χ0v) is 15.8. The molecule has 132 valence electrons. The van der Waals surface area contributed by atoms with Crippen molar-refractivity contribution in [1.82, 2.24) is 5.32 Å². The van der Waals surface area contributed by atoms with Gasteiger partial charge in [-0.25, -0.2) is 0 Å². The molecule has 1 fully saturated rings. The molecule has 1 aliphatic rings. The third kappa shape index (κ3) is 6.69. The Morgan fingerprint density at radius 3 is 1.80 bits per heavy atom. The highest BCUT2D eigenvalue weighted by atomic mass is 15.0. The third-order valence-electron chi connectivity index (χ3n) is 4.04. The average molecular weight is 335 g/mol. The van der Waals surface area contributed by atoms with E-state index < -0.39 is 0 Å². The monoisotopic (exact) mass is 334 g/mol. The topological polar surface area (TPSA) is 38.0 Å². The van der Waals surface area contributed by atoms with E-state index in [2.05, 4.69) is 93.7 Å². The SMILES string of the molecule is CC(C)=C/C(=C/c1ccc(C)cc1)c1ccc(C)cc1.NC1CNC1. The number of allylic oxidation sites excluding steroid dienone is 3. The van der Waals surface area contributed by atoms with Gasteiger partial charge in [-0.3, -0.25) is 0 Å². The summed E-state index contributed by atoms with van der Waals surface area (Å²) in [6.07, 6.45) is 4.49. The molecule has 0 atom stereocenters. The molecule has 0 spiro atoms. The lowest BCUT2D eigenvalue weighted by molar-refractivity contribution is 0.445. The fraction of sp³-hybridized carbons (Fsp3) is 0.304. The number of hydrogen-bond donors (Lipinski definition) is 2. The number of rotatable bonds is 3. The summed E-state index contributed by atoms with van der Waals surface area (Å²) >= 11 is 0. The van der Waals surface area contributed by atoms with Crippen molar-refractivity contribution >= 4 is 11.6 Å². The molecule has 2 aromatic carbocycles. The molecule has 2 aromatic rings. The average Bonchev–Trinajstić information content (AvgIpc) is 2.55. The van der Waals surface area contributed by atoms with Crippen LogP contribution in [0, 0.1) is 13.8 Å². The van der Waals surface area contributed by atoms with E-state index in [9.17, 15) is 0 Å². The van der Waals surface area contributed by atoms with E-state index in [0.717, 1.165) is 13.1 Å². The first-order valence-corrected chi connectivity index (χ1v) is 8.90. The van der Waals surface area contributed by atoms with Gasteiger partial charge in [-0.05, 0) is 50.5 Å². The molecule has 0 saturated carbocycles. The van der Waals surface area contributed by atoms with Gasteiger partial charge in [0, 0.05) is 19.1 Å². The zero-order chi connectivity index (χ0) is 18.2. The second-order valence-corrected chi connectivity index (χ2v) is 7.02. The summed E-state index contributed by atoms with van der Waals surface area (Å²) in [6.45, 7) is 10.5. The molecular weight excluding hydrogens is 304 g/mol. The lowest BCUT2D eigenvalue weighted by Gasteiger charge is -2.21. The minimum Gasteiger partial charge on any atom is -0.326 e. The highest BCUT2D eigenvalue weighted by Gasteiger charge is 2.08. The van der Waals surface area contributed by atoms with Gasteiger partial charge in [0.25, 0.3) is 0 Å². The molecule has 0 aliphatic carbocycles. The molecule has 0 unspecified atom stereocenters. The Bertz CT molecular complexity index is 714. The zero-order valence-electron chi connectivity index (χ0n) is 15.8. The number of benzene rings is 2. The van der Waals surface area contributed by atoms with Gasteiger partial charge in [0.05, 0.1) is 0 Å². The molecule has 2 nitrogen and oxygen atoms in total. The van der Waals surface area contributed by atoms with Crippen molar-refractivity contribution in [1.29, 1.82) is 0 Å². The summed E-state index contributed by atoms with van der Waals surface area (Å²) in [5, 5.41) is 3.04. The number of nitrogens with one attached hydrogen (secondary N) is 1. The maximum atomic E-state index is 5.32. The van der Waals surface area contributed by atoms with Gasteiger partial charge < -0.3 is 11.1 Å². The molecule has 3 N–H and O–H groups in total. The Kier molecular flexibility index (Phi) is 7.17. The largest absolute Gasteiger partial charge is 0.326 e. The highest BCUT2D eigenvalue weighted by molar-refractivity contribution is 5.87. The van der Waals surface area contributed by atoms with E-state index in [1.54, 1.807) is 0 Å². The molecule has 1 saturated heterocycles. The smallest absolute Gasteiger partial charge is 0.0292 e. The first-order chi connectivity index (χ1) is 11.9. The summed E-state index contributed by atoms with van der Waals surface area (Å²) in [7, 11) is 0. The Balaban J connectivity index is 0.000000386. The summed E-state index contributed by atoms with van der Waals surface area (Å²) < 4.78 is 0. The Morgan fingerprint density at radius 2 is 1.40 bits per heavy atom.